The van der Waals surface area contributed by atoms with Crippen molar-refractivity contribution in [1.29, 1.82) is 0 Å². The lowest BCUT2D eigenvalue weighted by molar-refractivity contribution is -0.112. The molecule has 0 saturated heterocycles. The predicted octanol–water partition coefficient (Wildman–Crippen LogP) is 1.49. The number of hydrogen-bond donors (Lipinski definition) is 5. The van der Waals surface area contributed by atoms with E-state index in [1.807, 2.05) is 0 Å². The molecule has 0 heterocycles. The van der Waals surface area contributed by atoms with Gasteiger partial charge < -0.3 is 20.8 Å². The van der Waals surface area contributed by atoms with E-state index in [-0.39, 0.29) is 23.1 Å². The first-order valence-corrected chi connectivity index (χ1v) is 6.98. The molecule has 1 aromatic rings. The maximum absolute atomic E-state index is 11.7. The summed E-state index contributed by atoms with van der Waals surface area (Å²) in [5.74, 6) is -0.239. The van der Waals surface area contributed by atoms with Crippen LogP contribution in [0.4, 0.5) is 4.79 Å². The van der Waals surface area contributed by atoms with E-state index in [0.717, 1.165) is 5.56 Å². The van der Waals surface area contributed by atoms with Crippen molar-refractivity contribution < 1.29 is 19.8 Å². The molecule has 0 spiro atoms. The standard InChI is InChI=1S/C16H21N3O4/c1-10(8-11(2)20)18-12(3)19-16(23)17-7-6-13-4-5-14(21)15(22)9-13/h4-5,8-9,18,21-22H,3,6-7H2,1-2H3,(H2,17,19,23)/b10-8-. The van der Waals surface area contributed by atoms with E-state index in [1.54, 1.807) is 13.0 Å². The number of phenols is 2. The molecule has 0 fully saturated rings. The van der Waals surface area contributed by atoms with Crippen LogP contribution in [0.3, 0.4) is 0 Å². The van der Waals surface area contributed by atoms with E-state index in [2.05, 4.69) is 22.5 Å². The number of nitrogens with one attached hydrogen (secondary N) is 3. The lowest BCUT2D eigenvalue weighted by Gasteiger charge is -2.12. The van der Waals surface area contributed by atoms with Crippen molar-refractivity contribution in [2.24, 2.45) is 0 Å². The zero-order chi connectivity index (χ0) is 17.4. The summed E-state index contributed by atoms with van der Waals surface area (Å²) in [5, 5.41) is 26.5. The number of benzene rings is 1. The van der Waals surface area contributed by atoms with Crippen molar-refractivity contribution in [3.8, 4) is 11.5 Å². The average Bonchev–Trinajstić information content (AvgIpc) is 2.41. The fraction of sp³-hybridized carbons (Fsp3) is 0.250. The lowest BCUT2D eigenvalue weighted by Crippen LogP contribution is -2.39. The number of carbonyl (C=O) groups excluding carboxylic acids is 2. The number of ketones is 1. The Morgan fingerprint density at radius 2 is 1.87 bits per heavy atom. The number of rotatable bonds is 7. The molecule has 0 aliphatic rings. The van der Waals surface area contributed by atoms with Crippen LogP contribution in [0.1, 0.15) is 19.4 Å². The van der Waals surface area contributed by atoms with Gasteiger partial charge >= 0.3 is 6.03 Å². The molecule has 0 aliphatic carbocycles. The summed E-state index contributed by atoms with van der Waals surface area (Å²) in [7, 11) is 0. The zero-order valence-electron chi connectivity index (χ0n) is 13.1. The van der Waals surface area contributed by atoms with Crippen molar-refractivity contribution in [1.82, 2.24) is 16.0 Å². The van der Waals surface area contributed by atoms with Crippen molar-refractivity contribution in [2.75, 3.05) is 6.54 Å². The highest BCUT2D eigenvalue weighted by molar-refractivity contribution is 5.87. The fourth-order valence-corrected chi connectivity index (χ4v) is 1.84. The van der Waals surface area contributed by atoms with Crippen molar-refractivity contribution in [3.05, 3.63) is 47.9 Å². The molecule has 7 heteroatoms. The molecule has 124 valence electrons. The van der Waals surface area contributed by atoms with Gasteiger partial charge in [0.1, 0.15) is 5.82 Å². The maximum atomic E-state index is 11.7. The Labute approximate surface area is 134 Å². The van der Waals surface area contributed by atoms with Gasteiger partial charge in [-0.2, -0.15) is 0 Å². The molecule has 0 saturated carbocycles. The van der Waals surface area contributed by atoms with Crippen LogP contribution >= 0.6 is 0 Å². The van der Waals surface area contributed by atoms with Gasteiger partial charge in [-0.25, -0.2) is 4.79 Å². The SMILES string of the molecule is C=C(NC(=O)NCCc1ccc(O)c(O)c1)N/C(C)=C\C(C)=O. The van der Waals surface area contributed by atoms with Crippen LogP contribution in [0.2, 0.25) is 0 Å². The third-order valence-corrected chi connectivity index (χ3v) is 2.77. The van der Waals surface area contributed by atoms with E-state index in [4.69, 9.17) is 0 Å². The summed E-state index contributed by atoms with van der Waals surface area (Å²) in [6, 6.07) is 4.04. The Bertz CT molecular complexity index is 638. The molecule has 1 rings (SSSR count). The summed E-state index contributed by atoms with van der Waals surface area (Å²) in [6.45, 7) is 7.08. The topological polar surface area (TPSA) is 111 Å². The van der Waals surface area contributed by atoms with Crippen molar-refractivity contribution >= 4 is 11.8 Å². The zero-order valence-corrected chi connectivity index (χ0v) is 13.1. The smallest absolute Gasteiger partial charge is 0.320 e. The Balaban J connectivity index is 2.35. The van der Waals surface area contributed by atoms with Gasteiger partial charge in [-0.1, -0.05) is 12.6 Å². The highest BCUT2D eigenvalue weighted by Crippen LogP contribution is 2.24. The van der Waals surface area contributed by atoms with Crippen LogP contribution in [0, 0.1) is 0 Å². The van der Waals surface area contributed by atoms with Gasteiger partial charge in [0.2, 0.25) is 0 Å². The van der Waals surface area contributed by atoms with E-state index in [9.17, 15) is 19.8 Å². The highest BCUT2D eigenvalue weighted by Gasteiger charge is 2.04. The number of hydrogen-bond acceptors (Lipinski definition) is 5. The Kier molecular flexibility index (Phi) is 6.67. The van der Waals surface area contributed by atoms with E-state index >= 15 is 0 Å². The predicted molar refractivity (Wildman–Crippen MR) is 86.7 cm³/mol. The van der Waals surface area contributed by atoms with Crippen LogP contribution in [-0.4, -0.2) is 28.6 Å². The fourth-order valence-electron chi connectivity index (χ4n) is 1.84. The minimum atomic E-state index is -0.443. The van der Waals surface area contributed by atoms with E-state index < -0.39 is 6.03 Å². The molecule has 0 bridgehead atoms. The van der Waals surface area contributed by atoms with Crippen LogP contribution in [0.5, 0.6) is 11.5 Å². The van der Waals surface area contributed by atoms with Gasteiger partial charge in [-0.15, -0.1) is 0 Å². The summed E-state index contributed by atoms with van der Waals surface area (Å²) >= 11 is 0. The van der Waals surface area contributed by atoms with Gasteiger partial charge in [-0.05, 0) is 44.0 Å². The second-order valence-electron chi connectivity index (χ2n) is 5.00. The first-order chi connectivity index (χ1) is 10.8. The minimum absolute atomic E-state index is 0.107. The second kappa shape index (κ2) is 8.47. The molecule has 0 radical (unpaired) electrons. The van der Waals surface area contributed by atoms with Crippen LogP contribution < -0.4 is 16.0 Å². The first kappa shape index (κ1) is 18.1. The van der Waals surface area contributed by atoms with Gasteiger partial charge in [0.15, 0.2) is 17.3 Å². The summed E-state index contributed by atoms with van der Waals surface area (Å²) < 4.78 is 0. The van der Waals surface area contributed by atoms with E-state index in [1.165, 1.54) is 25.1 Å². The van der Waals surface area contributed by atoms with Gasteiger partial charge in [0.05, 0.1) is 0 Å². The van der Waals surface area contributed by atoms with Gasteiger partial charge in [0, 0.05) is 12.2 Å². The van der Waals surface area contributed by atoms with Gasteiger partial charge in [0.25, 0.3) is 0 Å². The molecule has 2 amide bonds. The van der Waals surface area contributed by atoms with Crippen LogP contribution in [0.25, 0.3) is 0 Å². The molecular formula is C16H21N3O4. The minimum Gasteiger partial charge on any atom is -0.504 e. The molecule has 0 aromatic heterocycles. The molecule has 0 aliphatic heterocycles. The highest BCUT2D eigenvalue weighted by atomic mass is 16.3. The van der Waals surface area contributed by atoms with Crippen molar-refractivity contribution in [3.63, 3.8) is 0 Å². The maximum Gasteiger partial charge on any atom is 0.320 e. The van der Waals surface area contributed by atoms with Crippen LogP contribution in [0.15, 0.2) is 42.4 Å². The Hall–Kier alpha value is -2.96. The first-order valence-electron chi connectivity index (χ1n) is 6.98. The molecule has 5 N–H and O–H groups in total. The number of phenolic OH excluding ortho intramolecular Hbond substituents is 2. The monoisotopic (exact) mass is 319 g/mol. The largest absolute Gasteiger partial charge is 0.504 e. The third-order valence-electron chi connectivity index (χ3n) is 2.77. The molecule has 0 unspecified atom stereocenters. The number of amides is 2. The molecule has 1 aromatic carbocycles. The lowest BCUT2D eigenvalue weighted by atomic mass is 10.1. The van der Waals surface area contributed by atoms with E-state index in [0.29, 0.717) is 18.7 Å². The molecule has 23 heavy (non-hydrogen) atoms. The molecular weight excluding hydrogens is 298 g/mol. The normalized spacial score (nSPS) is 10.8. The van der Waals surface area contributed by atoms with Crippen molar-refractivity contribution in [2.45, 2.75) is 20.3 Å². The summed E-state index contributed by atoms with van der Waals surface area (Å²) in [4.78, 5) is 22.6. The third kappa shape index (κ3) is 7.03. The summed E-state index contributed by atoms with van der Waals surface area (Å²) in [5.41, 5.74) is 1.35. The molecule has 7 nitrogen and oxygen atoms in total. The van der Waals surface area contributed by atoms with Crippen LogP contribution in [-0.2, 0) is 11.2 Å². The van der Waals surface area contributed by atoms with Gasteiger partial charge in [-0.3, -0.25) is 10.1 Å². The summed E-state index contributed by atoms with van der Waals surface area (Å²) in [6.07, 6.45) is 1.88. The average molecular weight is 319 g/mol. The molecule has 0 atom stereocenters. The number of aromatic hydroxyl groups is 2. The quantitative estimate of drug-likeness (QED) is 0.386. The Morgan fingerprint density at radius 1 is 1.17 bits per heavy atom. The number of urea groups is 1. The Morgan fingerprint density at radius 3 is 2.48 bits per heavy atom. The number of allylic oxidation sites excluding steroid dienone is 2. The second-order valence-corrected chi connectivity index (χ2v) is 5.00. The number of carbonyl (C=O) groups is 2.